The summed E-state index contributed by atoms with van der Waals surface area (Å²) < 4.78 is 11.2. The maximum Gasteiger partial charge on any atom is 0.223 e. The smallest absolute Gasteiger partial charge is 0.223 e. The first-order valence-electron chi connectivity index (χ1n) is 6.08. The molecule has 2 heterocycles. The molecule has 2 N–H and O–H groups in total. The van der Waals surface area contributed by atoms with Crippen molar-refractivity contribution in [3.05, 3.63) is 29.7 Å². The molecule has 2 aromatic rings. The predicted molar refractivity (Wildman–Crippen MR) is 77.6 cm³/mol. The number of aromatic nitrogens is 2. The summed E-state index contributed by atoms with van der Waals surface area (Å²) in [6.07, 6.45) is 2.38. The Hall–Kier alpha value is -1.66. The van der Waals surface area contributed by atoms with E-state index in [0.29, 0.717) is 23.9 Å². The molecule has 1 aromatic carbocycles. The average molecular weight is 310 g/mol. The summed E-state index contributed by atoms with van der Waals surface area (Å²) in [5.74, 6) is 1.51. The third kappa shape index (κ3) is 2.91. The van der Waals surface area contributed by atoms with Crippen LogP contribution in [0.3, 0.4) is 0 Å². The number of nitrogens with zero attached hydrogens (tertiary/aromatic N) is 2. The molecule has 7 heteroatoms. The van der Waals surface area contributed by atoms with Crippen LogP contribution in [0.1, 0.15) is 6.42 Å². The summed E-state index contributed by atoms with van der Waals surface area (Å²) in [4.78, 5) is 8.91. The van der Waals surface area contributed by atoms with Crippen LogP contribution < -0.4 is 15.2 Å². The van der Waals surface area contributed by atoms with Crippen LogP contribution in [-0.2, 0) is 0 Å². The quantitative estimate of drug-likeness (QED) is 0.679. The highest BCUT2D eigenvalue weighted by Crippen LogP contribution is 2.37. The van der Waals surface area contributed by atoms with E-state index in [-0.39, 0.29) is 5.28 Å². The van der Waals surface area contributed by atoms with E-state index in [9.17, 15) is 0 Å². The number of fused-ring (bicyclic) bond motifs is 1. The molecular weight excluding hydrogens is 298 g/mol. The molecule has 1 aliphatic heterocycles. The number of anilines is 1. The van der Waals surface area contributed by atoms with Crippen LogP contribution >= 0.6 is 23.4 Å². The van der Waals surface area contributed by atoms with Gasteiger partial charge in [0.1, 0.15) is 5.03 Å². The minimum Gasteiger partial charge on any atom is -0.490 e. The summed E-state index contributed by atoms with van der Waals surface area (Å²) in [5, 5.41) is 0.801. The summed E-state index contributed by atoms with van der Waals surface area (Å²) >= 11 is 7.20. The van der Waals surface area contributed by atoms with Crippen LogP contribution in [0.25, 0.3) is 0 Å². The molecule has 20 heavy (non-hydrogen) atoms. The fourth-order valence-corrected chi connectivity index (χ4v) is 2.77. The van der Waals surface area contributed by atoms with Gasteiger partial charge in [-0.3, -0.25) is 0 Å². The van der Waals surface area contributed by atoms with Gasteiger partial charge in [-0.25, -0.2) is 9.97 Å². The van der Waals surface area contributed by atoms with Gasteiger partial charge in [0, 0.05) is 11.3 Å². The second-order valence-corrected chi connectivity index (χ2v) is 5.56. The monoisotopic (exact) mass is 309 g/mol. The zero-order chi connectivity index (χ0) is 13.9. The molecule has 0 atom stereocenters. The number of ether oxygens (including phenoxy) is 2. The van der Waals surface area contributed by atoms with Gasteiger partial charge in [0.05, 0.1) is 25.1 Å². The lowest BCUT2D eigenvalue weighted by Gasteiger charge is -2.09. The third-order valence-electron chi connectivity index (χ3n) is 2.68. The average Bonchev–Trinajstić information content (AvgIpc) is 2.67. The molecule has 0 saturated carbocycles. The fraction of sp³-hybridized carbons (Fsp3) is 0.231. The van der Waals surface area contributed by atoms with Crippen LogP contribution in [0.4, 0.5) is 5.69 Å². The highest BCUT2D eigenvalue weighted by Gasteiger charge is 2.12. The summed E-state index contributed by atoms with van der Waals surface area (Å²) in [5.41, 5.74) is 6.33. The van der Waals surface area contributed by atoms with E-state index in [0.717, 1.165) is 22.8 Å². The normalized spacial score (nSPS) is 13.8. The van der Waals surface area contributed by atoms with E-state index < -0.39 is 0 Å². The first-order chi connectivity index (χ1) is 9.72. The first kappa shape index (κ1) is 13.3. The lowest BCUT2D eigenvalue weighted by Crippen LogP contribution is -1.97. The molecule has 0 unspecified atom stereocenters. The number of hydrogen-bond acceptors (Lipinski definition) is 6. The van der Waals surface area contributed by atoms with E-state index in [2.05, 4.69) is 9.97 Å². The number of nitrogen functional groups attached to an aromatic ring is 1. The van der Waals surface area contributed by atoms with Crippen molar-refractivity contribution in [2.75, 3.05) is 18.9 Å². The molecule has 0 aliphatic carbocycles. The Morgan fingerprint density at radius 2 is 2.00 bits per heavy atom. The first-order valence-corrected chi connectivity index (χ1v) is 7.27. The zero-order valence-electron chi connectivity index (χ0n) is 10.5. The minimum absolute atomic E-state index is 0.177. The number of nitrogens with two attached hydrogens (primary N) is 1. The molecule has 0 amide bonds. The standard InChI is InChI=1S/C13H12ClN3O2S/c14-13-16-7-9(15)12(17-13)20-8-2-3-10-11(6-8)19-5-1-4-18-10/h2-3,6-7H,1,4-5,15H2. The Kier molecular flexibility index (Phi) is 3.84. The molecule has 0 spiro atoms. The van der Waals surface area contributed by atoms with Gasteiger partial charge in [0.2, 0.25) is 5.28 Å². The van der Waals surface area contributed by atoms with Crippen LogP contribution in [-0.4, -0.2) is 23.2 Å². The SMILES string of the molecule is Nc1cnc(Cl)nc1Sc1ccc2c(c1)OCCCO2. The van der Waals surface area contributed by atoms with E-state index in [1.54, 1.807) is 0 Å². The fourth-order valence-electron chi connectivity index (χ4n) is 1.76. The Labute approximate surface area is 125 Å². The molecule has 1 aliphatic rings. The molecule has 1 aromatic heterocycles. The maximum absolute atomic E-state index is 5.84. The van der Waals surface area contributed by atoms with Crippen molar-refractivity contribution in [3.63, 3.8) is 0 Å². The van der Waals surface area contributed by atoms with Crippen molar-refractivity contribution < 1.29 is 9.47 Å². The summed E-state index contributed by atoms with van der Waals surface area (Å²) in [7, 11) is 0. The van der Waals surface area contributed by atoms with Crippen molar-refractivity contribution in [1.29, 1.82) is 0 Å². The zero-order valence-corrected chi connectivity index (χ0v) is 12.1. The molecular formula is C13H12ClN3O2S. The van der Waals surface area contributed by atoms with Gasteiger partial charge in [0.25, 0.3) is 0 Å². The van der Waals surface area contributed by atoms with Crippen molar-refractivity contribution in [2.24, 2.45) is 0 Å². The van der Waals surface area contributed by atoms with Gasteiger partial charge < -0.3 is 15.2 Å². The van der Waals surface area contributed by atoms with Crippen molar-refractivity contribution in [1.82, 2.24) is 9.97 Å². The largest absolute Gasteiger partial charge is 0.490 e. The predicted octanol–water partition coefficient (Wildman–Crippen LogP) is 3.02. The van der Waals surface area contributed by atoms with Crippen LogP contribution in [0.2, 0.25) is 5.28 Å². The molecule has 104 valence electrons. The summed E-state index contributed by atoms with van der Waals surface area (Å²) in [6.45, 7) is 1.33. The highest BCUT2D eigenvalue weighted by atomic mass is 35.5. The van der Waals surface area contributed by atoms with Crippen LogP contribution in [0, 0.1) is 0 Å². The van der Waals surface area contributed by atoms with Crippen LogP contribution in [0.5, 0.6) is 11.5 Å². The maximum atomic E-state index is 5.84. The van der Waals surface area contributed by atoms with Crippen molar-refractivity contribution >= 4 is 29.1 Å². The van der Waals surface area contributed by atoms with E-state index in [4.69, 9.17) is 26.8 Å². The Morgan fingerprint density at radius 1 is 1.20 bits per heavy atom. The summed E-state index contributed by atoms with van der Waals surface area (Å²) in [6, 6.07) is 5.75. The number of halogens is 1. The molecule has 0 fully saturated rings. The van der Waals surface area contributed by atoms with E-state index in [1.165, 1.54) is 18.0 Å². The molecule has 5 nitrogen and oxygen atoms in total. The lowest BCUT2D eigenvalue weighted by atomic mass is 10.3. The third-order valence-corrected chi connectivity index (χ3v) is 3.88. The van der Waals surface area contributed by atoms with Gasteiger partial charge in [-0.2, -0.15) is 0 Å². The van der Waals surface area contributed by atoms with Gasteiger partial charge in [-0.05, 0) is 29.8 Å². The Bertz CT molecular complexity index is 639. The van der Waals surface area contributed by atoms with Gasteiger partial charge in [-0.1, -0.05) is 11.8 Å². The Balaban J connectivity index is 1.87. The second-order valence-electron chi connectivity index (χ2n) is 4.16. The topological polar surface area (TPSA) is 70.3 Å². The van der Waals surface area contributed by atoms with Crippen LogP contribution in [0.15, 0.2) is 34.3 Å². The Morgan fingerprint density at radius 3 is 2.85 bits per heavy atom. The number of hydrogen-bond donors (Lipinski definition) is 1. The van der Waals surface area contributed by atoms with E-state index in [1.807, 2.05) is 18.2 Å². The van der Waals surface area contributed by atoms with Crippen molar-refractivity contribution in [2.45, 2.75) is 16.3 Å². The molecule has 0 radical (unpaired) electrons. The lowest BCUT2D eigenvalue weighted by molar-refractivity contribution is 0.297. The number of benzene rings is 1. The molecule has 0 saturated heterocycles. The van der Waals surface area contributed by atoms with Gasteiger partial charge in [0.15, 0.2) is 11.5 Å². The van der Waals surface area contributed by atoms with Gasteiger partial charge >= 0.3 is 0 Å². The number of rotatable bonds is 2. The molecule has 3 rings (SSSR count). The second kappa shape index (κ2) is 5.76. The van der Waals surface area contributed by atoms with Crippen molar-refractivity contribution in [3.8, 4) is 11.5 Å². The molecule has 0 bridgehead atoms. The van der Waals surface area contributed by atoms with Gasteiger partial charge in [-0.15, -0.1) is 0 Å². The van der Waals surface area contributed by atoms with E-state index >= 15 is 0 Å². The minimum atomic E-state index is 0.177. The highest BCUT2D eigenvalue weighted by molar-refractivity contribution is 7.99.